The highest BCUT2D eigenvalue weighted by Crippen LogP contribution is 2.37. The topological polar surface area (TPSA) is 80.3 Å². The fourth-order valence-electron chi connectivity index (χ4n) is 3.55. The van der Waals surface area contributed by atoms with Crippen molar-refractivity contribution in [3.05, 3.63) is 23.8 Å². The number of likely N-dealkylation sites (tertiary alicyclic amines) is 1. The fourth-order valence-corrected chi connectivity index (χ4v) is 3.55. The number of rotatable bonds is 2. The number of H-pyrrole nitrogens is 1. The van der Waals surface area contributed by atoms with E-state index in [9.17, 15) is 4.79 Å². The van der Waals surface area contributed by atoms with Crippen LogP contribution in [0.4, 0.5) is 0 Å². The maximum absolute atomic E-state index is 12.8. The van der Waals surface area contributed by atoms with Crippen molar-refractivity contribution < 1.29 is 14.3 Å². The van der Waals surface area contributed by atoms with E-state index in [1.54, 1.807) is 25.3 Å². The van der Waals surface area contributed by atoms with E-state index < -0.39 is 0 Å². The Labute approximate surface area is 127 Å². The molecular formula is C15H18N4O3. The van der Waals surface area contributed by atoms with Gasteiger partial charge in [-0.1, -0.05) is 0 Å². The number of nitrogens with one attached hydrogen (secondary N) is 1. The van der Waals surface area contributed by atoms with Gasteiger partial charge in [0, 0.05) is 19.3 Å². The third-order valence-electron chi connectivity index (χ3n) is 4.70. The molecule has 2 atom stereocenters. The molecule has 7 heteroatoms. The molecule has 2 aliphatic rings. The molecule has 0 saturated carbocycles. The number of aromatic amines is 1. The van der Waals surface area contributed by atoms with Gasteiger partial charge in [0.1, 0.15) is 22.7 Å². The Bertz CT molecular complexity index is 708. The van der Waals surface area contributed by atoms with Crippen LogP contribution in [-0.2, 0) is 9.47 Å². The molecule has 2 aromatic rings. The van der Waals surface area contributed by atoms with E-state index in [2.05, 4.69) is 15.4 Å². The second kappa shape index (κ2) is 5.03. The van der Waals surface area contributed by atoms with Crippen molar-refractivity contribution in [2.24, 2.45) is 0 Å². The Morgan fingerprint density at radius 2 is 2.32 bits per heavy atom. The summed E-state index contributed by atoms with van der Waals surface area (Å²) in [7, 11) is 1.68. The van der Waals surface area contributed by atoms with E-state index in [4.69, 9.17) is 9.47 Å². The summed E-state index contributed by atoms with van der Waals surface area (Å²) in [6.45, 7) is 1.89. The van der Waals surface area contributed by atoms with Crippen LogP contribution in [0.3, 0.4) is 0 Å². The third-order valence-corrected chi connectivity index (χ3v) is 4.70. The summed E-state index contributed by atoms with van der Waals surface area (Å²) >= 11 is 0. The Morgan fingerprint density at radius 1 is 1.45 bits per heavy atom. The lowest BCUT2D eigenvalue weighted by Crippen LogP contribution is -2.42. The van der Waals surface area contributed by atoms with Gasteiger partial charge < -0.3 is 14.4 Å². The first-order valence-corrected chi connectivity index (χ1v) is 7.48. The van der Waals surface area contributed by atoms with E-state index in [0.29, 0.717) is 24.2 Å². The van der Waals surface area contributed by atoms with E-state index in [1.807, 2.05) is 4.90 Å². The maximum atomic E-state index is 12.8. The molecular weight excluding hydrogens is 284 g/mol. The zero-order valence-electron chi connectivity index (χ0n) is 12.4. The summed E-state index contributed by atoms with van der Waals surface area (Å²) in [5, 5.41) is 10.6. The van der Waals surface area contributed by atoms with Gasteiger partial charge in [-0.05, 0) is 31.0 Å². The molecule has 0 aliphatic carbocycles. The molecule has 1 aromatic carbocycles. The molecule has 22 heavy (non-hydrogen) atoms. The fraction of sp³-hybridized carbons (Fsp3) is 0.533. The molecule has 2 aliphatic heterocycles. The Balaban J connectivity index is 1.60. The number of nitrogens with zero attached hydrogens (tertiary/aromatic N) is 3. The predicted octanol–water partition coefficient (Wildman–Crippen LogP) is 0.978. The van der Waals surface area contributed by atoms with Gasteiger partial charge in [-0.2, -0.15) is 15.4 Å². The molecule has 1 aromatic heterocycles. The quantitative estimate of drug-likeness (QED) is 0.894. The maximum Gasteiger partial charge on any atom is 0.254 e. The number of amides is 1. The van der Waals surface area contributed by atoms with Crippen molar-refractivity contribution in [3.63, 3.8) is 0 Å². The highest BCUT2D eigenvalue weighted by atomic mass is 16.6. The predicted molar refractivity (Wildman–Crippen MR) is 78.5 cm³/mol. The molecule has 0 unspecified atom stereocenters. The van der Waals surface area contributed by atoms with Crippen LogP contribution < -0.4 is 0 Å². The molecule has 0 radical (unpaired) electrons. The smallest absolute Gasteiger partial charge is 0.254 e. The normalized spacial score (nSPS) is 28.0. The summed E-state index contributed by atoms with van der Waals surface area (Å²) in [6.07, 6.45) is 1.90. The van der Waals surface area contributed by atoms with Gasteiger partial charge in [-0.15, -0.1) is 0 Å². The molecule has 2 fully saturated rings. The van der Waals surface area contributed by atoms with Crippen LogP contribution in [0.15, 0.2) is 18.2 Å². The molecule has 2 saturated heterocycles. The van der Waals surface area contributed by atoms with Crippen LogP contribution in [0.2, 0.25) is 0 Å². The zero-order valence-corrected chi connectivity index (χ0v) is 12.4. The molecule has 1 amide bonds. The van der Waals surface area contributed by atoms with E-state index in [0.717, 1.165) is 25.0 Å². The molecule has 0 bridgehead atoms. The number of ether oxygens (including phenoxy) is 2. The second-order valence-corrected chi connectivity index (χ2v) is 5.95. The number of carbonyl (C=O) groups is 1. The first kappa shape index (κ1) is 13.7. The van der Waals surface area contributed by atoms with Gasteiger partial charge in [0.15, 0.2) is 0 Å². The molecule has 1 spiro atoms. The summed E-state index contributed by atoms with van der Waals surface area (Å²) in [5.74, 6) is -0.0145. The molecule has 3 heterocycles. The lowest BCUT2D eigenvalue weighted by molar-refractivity contribution is -0.0754. The van der Waals surface area contributed by atoms with E-state index >= 15 is 0 Å². The lowest BCUT2D eigenvalue weighted by atomic mass is 9.96. The number of hydrogen-bond donors (Lipinski definition) is 1. The van der Waals surface area contributed by atoms with Crippen molar-refractivity contribution in [1.29, 1.82) is 0 Å². The molecule has 4 rings (SSSR count). The van der Waals surface area contributed by atoms with Crippen LogP contribution >= 0.6 is 0 Å². The van der Waals surface area contributed by atoms with Gasteiger partial charge >= 0.3 is 0 Å². The van der Waals surface area contributed by atoms with E-state index in [1.165, 1.54) is 0 Å². The number of hydrogen-bond acceptors (Lipinski definition) is 5. The van der Waals surface area contributed by atoms with Gasteiger partial charge in [0.05, 0.1) is 13.1 Å². The summed E-state index contributed by atoms with van der Waals surface area (Å²) < 4.78 is 11.5. The lowest BCUT2D eigenvalue weighted by Gasteiger charge is -2.27. The van der Waals surface area contributed by atoms with Crippen LogP contribution in [-0.4, -0.2) is 64.7 Å². The standard InChI is InChI=1S/C15H18N4O3/c1-21-13-8-19(9-15(13)5-2-6-22-15)14(20)10-3-4-11-12(7-10)17-18-16-11/h3-4,7,13H,2,5-6,8-9H2,1H3,(H,16,17,18)/t13-,15-/m0/s1. The number of fused-ring (bicyclic) bond motifs is 1. The highest BCUT2D eigenvalue weighted by molar-refractivity contribution is 5.97. The third kappa shape index (κ3) is 2.00. The first-order chi connectivity index (χ1) is 10.7. The van der Waals surface area contributed by atoms with Crippen LogP contribution in [0.1, 0.15) is 23.2 Å². The SMILES string of the molecule is CO[C@H]1CN(C(=O)c2ccc3n[nH]nc3c2)C[C@@]12CCCO2. The Hall–Kier alpha value is -1.99. The summed E-state index contributed by atoms with van der Waals surface area (Å²) in [5.41, 5.74) is 1.73. The minimum absolute atomic E-state index is 0.0145. The number of carbonyl (C=O) groups excluding carboxylic acids is 1. The first-order valence-electron chi connectivity index (χ1n) is 7.48. The minimum Gasteiger partial charge on any atom is -0.377 e. The average molecular weight is 302 g/mol. The van der Waals surface area contributed by atoms with Crippen molar-refractivity contribution in [2.45, 2.75) is 24.5 Å². The van der Waals surface area contributed by atoms with Gasteiger partial charge in [-0.3, -0.25) is 4.79 Å². The van der Waals surface area contributed by atoms with Crippen LogP contribution in [0.25, 0.3) is 11.0 Å². The summed E-state index contributed by atoms with van der Waals surface area (Å²) in [6, 6.07) is 5.36. The average Bonchev–Trinajstić information content (AvgIpc) is 3.26. The van der Waals surface area contributed by atoms with Crippen molar-refractivity contribution in [2.75, 3.05) is 26.8 Å². The number of methoxy groups -OCH3 is 1. The second-order valence-electron chi connectivity index (χ2n) is 5.95. The van der Waals surface area contributed by atoms with Crippen LogP contribution in [0, 0.1) is 0 Å². The molecule has 7 nitrogen and oxygen atoms in total. The monoisotopic (exact) mass is 302 g/mol. The number of aromatic nitrogens is 3. The Kier molecular flexibility index (Phi) is 3.12. The summed E-state index contributed by atoms with van der Waals surface area (Å²) in [4.78, 5) is 14.6. The minimum atomic E-state index is -0.331. The largest absolute Gasteiger partial charge is 0.377 e. The Morgan fingerprint density at radius 3 is 3.09 bits per heavy atom. The zero-order chi connectivity index (χ0) is 15.2. The highest BCUT2D eigenvalue weighted by Gasteiger charge is 2.51. The van der Waals surface area contributed by atoms with Crippen molar-refractivity contribution >= 4 is 16.9 Å². The van der Waals surface area contributed by atoms with Gasteiger partial charge in [0.25, 0.3) is 5.91 Å². The molecule has 1 N–H and O–H groups in total. The van der Waals surface area contributed by atoms with E-state index in [-0.39, 0.29) is 17.6 Å². The van der Waals surface area contributed by atoms with Crippen LogP contribution in [0.5, 0.6) is 0 Å². The molecule has 116 valence electrons. The van der Waals surface area contributed by atoms with Crippen molar-refractivity contribution in [1.82, 2.24) is 20.3 Å². The van der Waals surface area contributed by atoms with Gasteiger partial charge in [-0.25, -0.2) is 0 Å². The van der Waals surface area contributed by atoms with Gasteiger partial charge in [0.2, 0.25) is 0 Å². The number of benzene rings is 1. The van der Waals surface area contributed by atoms with Crippen molar-refractivity contribution in [3.8, 4) is 0 Å².